The summed E-state index contributed by atoms with van der Waals surface area (Å²) in [6.45, 7) is 4.40. The number of ether oxygens (including phenoxy) is 1. The first-order valence-corrected chi connectivity index (χ1v) is 7.45. The zero-order valence-electron chi connectivity index (χ0n) is 11.5. The molecular formula is C13H15N3O4S. The van der Waals surface area contributed by atoms with Gasteiger partial charge in [-0.2, -0.15) is 0 Å². The van der Waals surface area contributed by atoms with Crippen molar-refractivity contribution in [3.05, 3.63) is 22.2 Å². The number of esters is 1. The number of hydrogen-bond donors (Lipinski definition) is 1. The van der Waals surface area contributed by atoms with E-state index in [4.69, 9.17) is 9.84 Å². The molecule has 0 aliphatic carbocycles. The highest BCUT2D eigenvalue weighted by Crippen LogP contribution is 2.32. The van der Waals surface area contributed by atoms with Crippen LogP contribution in [-0.4, -0.2) is 59.8 Å². The molecule has 0 spiro atoms. The fourth-order valence-electron chi connectivity index (χ4n) is 2.56. The summed E-state index contributed by atoms with van der Waals surface area (Å²) in [6.07, 6.45) is 0.653. The Bertz CT molecular complexity index is 607. The molecule has 1 aromatic rings. The molecule has 2 aliphatic heterocycles. The molecule has 3 rings (SSSR count). The minimum atomic E-state index is -0.880. The fraction of sp³-hybridized carbons (Fsp3) is 0.462. The number of nitrogens with zero attached hydrogens (tertiary/aromatic N) is 3. The van der Waals surface area contributed by atoms with E-state index in [1.807, 2.05) is 0 Å². The van der Waals surface area contributed by atoms with Crippen LogP contribution in [-0.2, 0) is 4.74 Å². The van der Waals surface area contributed by atoms with Crippen molar-refractivity contribution in [2.24, 2.45) is 0 Å². The Morgan fingerprint density at radius 3 is 2.57 bits per heavy atom. The van der Waals surface area contributed by atoms with Crippen molar-refractivity contribution in [3.8, 4) is 0 Å². The second-order valence-corrected chi connectivity index (χ2v) is 5.94. The van der Waals surface area contributed by atoms with E-state index in [2.05, 4.69) is 9.88 Å². The van der Waals surface area contributed by atoms with Gasteiger partial charge in [0.25, 0.3) is 0 Å². The first-order chi connectivity index (χ1) is 10.1. The molecule has 112 valence electrons. The molecule has 8 heteroatoms. The number of carbonyl (C=O) groups is 2. The van der Waals surface area contributed by atoms with Gasteiger partial charge in [-0.1, -0.05) is 11.3 Å². The molecule has 7 nitrogen and oxygen atoms in total. The number of amides is 1. The fourth-order valence-corrected chi connectivity index (χ4v) is 3.37. The third-order valence-electron chi connectivity index (χ3n) is 3.54. The minimum absolute atomic E-state index is 0.344. The molecule has 3 heterocycles. The van der Waals surface area contributed by atoms with Crippen LogP contribution >= 0.6 is 11.3 Å². The van der Waals surface area contributed by atoms with Gasteiger partial charge in [0.1, 0.15) is 4.88 Å². The third-order valence-corrected chi connectivity index (χ3v) is 4.58. The topological polar surface area (TPSA) is 83.0 Å². The summed E-state index contributed by atoms with van der Waals surface area (Å²) in [7, 11) is 0. The van der Waals surface area contributed by atoms with Crippen molar-refractivity contribution in [2.75, 3.05) is 37.7 Å². The van der Waals surface area contributed by atoms with E-state index in [9.17, 15) is 9.59 Å². The van der Waals surface area contributed by atoms with Gasteiger partial charge in [0.2, 0.25) is 0 Å². The molecule has 0 bridgehead atoms. The van der Waals surface area contributed by atoms with Gasteiger partial charge in [-0.05, 0) is 18.1 Å². The van der Waals surface area contributed by atoms with Crippen LogP contribution in [0.3, 0.4) is 0 Å². The number of rotatable bonds is 3. The molecule has 0 atom stereocenters. The second-order valence-electron chi connectivity index (χ2n) is 4.93. The summed E-state index contributed by atoms with van der Waals surface area (Å²) >= 11 is 1.31. The molecular weight excluding hydrogens is 294 g/mol. The smallest absolute Gasteiger partial charge is 0.407 e. The van der Waals surface area contributed by atoms with Gasteiger partial charge in [-0.25, -0.2) is 14.6 Å². The molecule has 2 aliphatic rings. The molecule has 21 heavy (non-hydrogen) atoms. The molecule has 0 unspecified atom stereocenters. The maximum Gasteiger partial charge on any atom is 0.407 e. The highest BCUT2D eigenvalue weighted by atomic mass is 32.1. The Balaban J connectivity index is 1.64. The maximum atomic E-state index is 11.6. The predicted octanol–water partition coefficient (Wildman–Crippen LogP) is 1.43. The van der Waals surface area contributed by atoms with Gasteiger partial charge in [0, 0.05) is 26.2 Å². The Morgan fingerprint density at radius 2 is 2.00 bits per heavy atom. The molecule has 0 radical (unpaired) electrons. The molecule has 0 aromatic carbocycles. The van der Waals surface area contributed by atoms with E-state index < -0.39 is 6.09 Å². The largest absolute Gasteiger partial charge is 0.465 e. The zero-order valence-corrected chi connectivity index (χ0v) is 12.4. The van der Waals surface area contributed by atoms with Crippen LogP contribution < -0.4 is 4.90 Å². The first kappa shape index (κ1) is 13.9. The SMILES string of the molecule is CCOC(=O)c1cnc(N2CC3=C(CN(C(=O)O)C3)C2)s1. The molecule has 0 saturated heterocycles. The van der Waals surface area contributed by atoms with E-state index in [1.54, 1.807) is 6.92 Å². The molecule has 1 aromatic heterocycles. The monoisotopic (exact) mass is 309 g/mol. The second kappa shape index (κ2) is 5.36. The zero-order chi connectivity index (χ0) is 15.0. The van der Waals surface area contributed by atoms with Gasteiger partial charge < -0.3 is 19.6 Å². The number of aromatic nitrogens is 1. The third kappa shape index (κ3) is 2.58. The van der Waals surface area contributed by atoms with Crippen molar-refractivity contribution in [2.45, 2.75) is 6.92 Å². The van der Waals surface area contributed by atoms with Gasteiger partial charge in [0.05, 0.1) is 12.8 Å². The summed E-state index contributed by atoms with van der Waals surface area (Å²) in [5, 5.41) is 9.76. The molecule has 0 fully saturated rings. The predicted molar refractivity (Wildman–Crippen MR) is 76.9 cm³/mol. The highest BCUT2D eigenvalue weighted by Gasteiger charge is 2.33. The van der Waals surface area contributed by atoms with Crippen molar-refractivity contribution in [3.63, 3.8) is 0 Å². The lowest BCUT2D eigenvalue weighted by molar-refractivity contribution is 0.0531. The summed E-state index contributed by atoms with van der Waals surface area (Å²) < 4.78 is 4.95. The number of carboxylic acid groups (broad SMARTS) is 1. The lowest BCUT2D eigenvalue weighted by Crippen LogP contribution is -2.32. The number of carbonyl (C=O) groups excluding carboxylic acids is 1. The van der Waals surface area contributed by atoms with Crippen LogP contribution in [0.25, 0.3) is 0 Å². The van der Waals surface area contributed by atoms with E-state index in [1.165, 1.54) is 22.4 Å². The van der Waals surface area contributed by atoms with E-state index in [0.717, 1.165) is 16.3 Å². The molecule has 1 N–H and O–H groups in total. The average Bonchev–Trinajstić information content (AvgIpc) is 3.12. The van der Waals surface area contributed by atoms with Crippen LogP contribution in [0.5, 0.6) is 0 Å². The van der Waals surface area contributed by atoms with Crippen molar-refractivity contribution >= 4 is 28.5 Å². The van der Waals surface area contributed by atoms with Gasteiger partial charge in [-0.3, -0.25) is 0 Å². The Hall–Kier alpha value is -2.09. The van der Waals surface area contributed by atoms with Crippen LogP contribution in [0.2, 0.25) is 0 Å². The van der Waals surface area contributed by atoms with Crippen LogP contribution in [0.4, 0.5) is 9.93 Å². The van der Waals surface area contributed by atoms with E-state index in [0.29, 0.717) is 37.7 Å². The Morgan fingerprint density at radius 1 is 1.33 bits per heavy atom. The summed E-state index contributed by atoms with van der Waals surface area (Å²) in [5.74, 6) is -0.349. The number of anilines is 1. The number of hydrogen-bond acceptors (Lipinski definition) is 6. The average molecular weight is 309 g/mol. The standard InChI is InChI=1S/C13H15N3O4S/c1-2-20-11(17)10-3-14-12(21-10)15-4-8-6-16(13(18)19)7-9(8)5-15/h3H,2,4-7H2,1H3,(H,18,19). The van der Waals surface area contributed by atoms with Crippen LogP contribution in [0.15, 0.2) is 17.3 Å². The normalized spacial score (nSPS) is 17.4. The maximum absolute atomic E-state index is 11.6. The highest BCUT2D eigenvalue weighted by molar-refractivity contribution is 7.17. The summed E-state index contributed by atoms with van der Waals surface area (Å²) in [6, 6.07) is 0. The number of thiazole rings is 1. The van der Waals surface area contributed by atoms with Crippen molar-refractivity contribution in [1.82, 2.24) is 9.88 Å². The van der Waals surface area contributed by atoms with Crippen molar-refractivity contribution in [1.29, 1.82) is 0 Å². The quantitative estimate of drug-likeness (QED) is 0.672. The first-order valence-electron chi connectivity index (χ1n) is 6.64. The van der Waals surface area contributed by atoms with Gasteiger partial charge >= 0.3 is 12.1 Å². The Kier molecular flexibility index (Phi) is 3.54. The summed E-state index contributed by atoms with van der Waals surface area (Å²) in [4.78, 5) is 30.8. The van der Waals surface area contributed by atoms with E-state index >= 15 is 0 Å². The minimum Gasteiger partial charge on any atom is -0.465 e. The van der Waals surface area contributed by atoms with Crippen molar-refractivity contribution < 1.29 is 19.4 Å². The van der Waals surface area contributed by atoms with E-state index in [-0.39, 0.29) is 5.97 Å². The van der Waals surface area contributed by atoms with Gasteiger partial charge in [0.15, 0.2) is 5.13 Å². The van der Waals surface area contributed by atoms with Crippen LogP contribution in [0.1, 0.15) is 16.6 Å². The molecule has 0 saturated carbocycles. The van der Waals surface area contributed by atoms with Crippen LogP contribution in [0, 0.1) is 0 Å². The molecule has 1 amide bonds. The lowest BCUT2D eigenvalue weighted by Gasteiger charge is -2.20. The van der Waals surface area contributed by atoms with Gasteiger partial charge in [-0.15, -0.1) is 0 Å². The Labute approximate surface area is 125 Å². The summed E-state index contributed by atoms with van der Waals surface area (Å²) in [5.41, 5.74) is 2.29. The lowest BCUT2D eigenvalue weighted by atomic mass is 10.2.